The lowest BCUT2D eigenvalue weighted by Crippen LogP contribution is -2.04. The van der Waals surface area contributed by atoms with Crippen LogP contribution in [0, 0.1) is 0 Å². The molecule has 0 fully saturated rings. The molecule has 0 aliphatic heterocycles. The van der Waals surface area contributed by atoms with Gasteiger partial charge in [-0.05, 0) is 18.2 Å². The van der Waals surface area contributed by atoms with E-state index in [0.29, 0.717) is 17.1 Å². The molecule has 96 valence electrons. The van der Waals surface area contributed by atoms with Gasteiger partial charge in [-0.1, -0.05) is 6.07 Å². The normalized spacial score (nSPS) is 12.0. The molecular weight excluding hydrogens is 283 g/mol. The van der Waals surface area contributed by atoms with E-state index in [1.54, 1.807) is 6.07 Å². The fraction of sp³-hybridized carbons (Fsp3) is 0.250. The Hall–Kier alpha value is -0.940. The molecular formula is C12H9ClF3NS. The second kappa shape index (κ2) is 5.36. The van der Waals surface area contributed by atoms with Crippen LogP contribution >= 0.6 is 23.4 Å². The van der Waals surface area contributed by atoms with Gasteiger partial charge in [0, 0.05) is 28.1 Å². The maximum absolute atomic E-state index is 12.6. The lowest BCUT2D eigenvalue weighted by Gasteiger charge is -2.09. The van der Waals surface area contributed by atoms with Gasteiger partial charge < -0.3 is 0 Å². The van der Waals surface area contributed by atoms with Crippen LogP contribution in [0.5, 0.6) is 0 Å². The molecule has 1 aromatic carbocycles. The molecule has 0 saturated heterocycles. The van der Waals surface area contributed by atoms with Crippen molar-refractivity contribution >= 4 is 34.3 Å². The zero-order valence-corrected chi connectivity index (χ0v) is 10.7. The summed E-state index contributed by atoms with van der Waals surface area (Å²) in [5, 5.41) is 0.723. The molecule has 0 aliphatic carbocycles. The SMILES string of the molecule is FC(F)(F)c1ccc2c(SCCCl)ccnc2c1. The molecule has 1 nitrogen and oxygen atoms in total. The Kier molecular flexibility index (Phi) is 4.02. The van der Waals surface area contributed by atoms with Gasteiger partial charge in [0.05, 0.1) is 11.1 Å². The zero-order valence-electron chi connectivity index (χ0n) is 9.17. The van der Waals surface area contributed by atoms with E-state index in [9.17, 15) is 13.2 Å². The smallest absolute Gasteiger partial charge is 0.256 e. The average Bonchev–Trinajstić information content (AvgIpc) is 2.34. The molecule has 0 radical (unpaired) electrons. The Morgan fingerprint density at radius 2 is 2.00 bits per heavy atom. The first-order valence-corrected chi connectivity index (χ1v) is 6.69. The van der Waals surface area contributed by atoms with Crippen LogP contribution in [-0.2, 0) is 6.18 Å². The van der Waals surface area contributed by atoms with E-state index in [2.05, 4.69) is 4.98 Å². The van der Waals surface area contributed by atoms with Gasteiger partial charge >= 0.3 is 6.18 Å². The highest BCUT2D eigenvalue weighted by Gasteiger charge is 2.30. The van der Waals surface area contributed by atoms with Crippen molar-refractivity contribution < 1.29 is 13.2 Å². The van der Waals surface area contributed by atoms with Crippen molar-refractivity contribution in [2.75, 3.05) is 11.6 Å². The summed E-state index contributed by atoms with van der Waals surface area (Å²) in [6.07, 6.45) is -2.83. The highest BCUT2D eigenvalue weighted by molar-refractivity contribution is 7.99. The standard InChI is InChI=1S/C12H9ClF3NS/c13-4-6-18-11-3-5-17-10-7-8(12(14,15)16)1-2-9(10)11/h1-3,5,7H,4,6H2. The van der Waals surface area contributed by atoms with Crippen molar-refractivity contribution in [3.63, 3.8) is 0 Å². The summed E-state index contributed by atoms with van der Waals surface area (Å²) in [5.74, 6) is 1.21. The van der Waals surface area contributed by atoms with E-state index in [4.69, 9.17) is 11.6 Å². The van der Waals surface area contributed by atoms with Crippen molar-refractivity contribution in [2.24, 2.45) is 0 Å². The van der Waals surface area contributed by atoms with Crippen LogP contribution in [0.15, 0.2) is 35.4 Å². The largest absolute Gasteiger partial charge is 0.416 e. The summed E-state index contributed by atoms with van der Waals surface area (Å²) >= 11 is 7.11. The summed E-state index contributed by atoms with van der Waals surface area (Å²) in [5.41, 5.74) is -0.327. The Balaban J connectivity index is 2.46. The fourth-order valence-corrected chi connectivity index (χ4v) is 2.59. The van der Waals surface area contributed by atoms with E-state index in [1.165, 1.54) is 24.0 Å². The van der Waals surface area contributed by atoms with Crippen LogP contribution in [-0.4, -0.2) is 16.6 Å². The Morgan fingerprint density at radius 3 is 2.67 bits per heavy atom. The number of aromatic nitrogens is 1. The Morgan fingerprint density at radius 1 is 1.22 bits per heavy atom. The number of fused-ring (bicyclic) bond motifs is 1. The molecule has 0 saturated carbocycles. The van der Waals surface area contributed by atoms with Gasteiger partial charge in [-0.25, -0.2) is 0 Å². The fourth-order valence-electron chi connectivity index (χ4n) is 1.57. The van der Waals surface area contributed by atoms with Crippen LogP contribution in [0.1, 0.15) is 5.56 Å². The predicted octanol–water partition coefficient (Wildman–Crippen LogP) is 4.58. The summed E-state index contributed by atoms with van der Waals surface area (Å²) in [4.78, 5) is 4.88. The Labute approximate surface area is 111 Å². The quantitative estimate of drug-likeness (QED) is 0.606. The number of hydrogen-bond donors (Lipinski definition) is 0. The molecule has 1 heterocycles. The molecule has 0 aliphatic rings. The minimum Gasteiger partial charge on any atom is -0.256 e. The molecule has 0 spiro atoms. The minimum absolute atomic E-state index is 0.351. The minimum atomic E-state index is -4.34. The van der Waals surface area contributed by atoms with Crippen LogP contribution in [0.25, 0.3) is 10.9 Å². The predicted molar refractivity (Wildman–Crippen MR) is 68.2 cm³/mol. The molecule has 0 bridgehead atoms. The summed E-state index contributed by atoms with van der Waals surface area (Å²) in [7, 11) is 0. The topological polar surface area (TPSA) is 12.9 Å². The van der Waals surface area contributed by atoms with Gasteiger partial charge in [0.15, 0.2) is 0 Å². The third-order valence-electron chi connectivity index (χ3n) is 2.36. The molecule has 0 unspecified atom stereocenters. The Bertz CT molecular complexity index is 557. The van der Waals surface area contributed by atoms with Crippen molar-refractivity contribution in [1.82, 2.24) is 4.98 Å². The number of thioether (sulfide) groups is 1. The number of rotatable bonds is 3. The van der Waals surface area contributed by atoms with Crippen LogP contribution in [0.2, 0.25) is 0 Å². The van der Waals surface area contributed by atoms with E-state index in [0.717, 1.165) is 22.4 Å². The van der Waals surface area contributed by atoms with Crippen LogP contribution in [0.3, 0.4) is 0 Å². The van der Waals surface area contributed by atoms with Gasteiger partial charge in [-0.15, -0.1) is 23.4 Å². The van der Waals surface area contributed by atoms with Gasteiger partial charge in [0.25, 0.3) is 0 Å². The van der Waals surface area contributed by atoms with Gasteiger partial charge in [0.2, 0.25) is 0 Å². The maximum Gasteiger partial charge on any atom is 0.416 e. The maximum atomic E-state index is 12.6. The van der Waals surface area contributed by atoms with Gasteiger partial charge in [-0.3, -0.25) is 4.98 Å². The van der Waals surface area contributed by atoms with Gasteiger partial charge in [0.1, 0.15) is 0 Å². The number of benzene rings is 1. The number of halogens is 4. The first-order valence-electron chi connectivity index (χ1n) is 5.17. The van der Waals surface area contributed by atoms with E-state index >= 15 is 0 Å². The lowest BCUT2D eigenvalue weighted by atomic mass is 10.1. The number of pyridine rings is 1. The first-order chi connectivity index (χ1) is 8.52. The molecule has 2 rings (SSSR count). The van der Waals surface area contributed by atoms with Crippen molar-refractivity contribution in [2.45, 2.75) is 11.1 Å². The van der Waals surface area contributed by atoms with Crippen molar-refractivity contribution in [1.29, 1.82) is 0 Å². The molecule has 0 atom stereocenters. The van der Waals surface area contributed by atoms with Gasteiger partial charge in [-0.2, -0.15) is 13.2 Å². The van der Waals surface area contributed by atoms with E-state index in [1.807, 2.05) is 0 Å². The summed E-state index contributed by atoms with van der Waals surface area (Å²) in [6.45, 7) is 0. The number of hydrogen-bond acceptors (Lipinski definition) is 2. The summed E-state index contributed by atoms with van der Waals surface area (Å²) < 4.78 is 37.7. The third kappa shape index (κ3) is 2.90. The third-order valence-corrected chi connectivity index (χ3v) is 3.85. The average molecular weight is 292 g/mol. The van der Waals surface area contributed by atoms with E-state index in [-0.39, 0.29) is 0 Å². The molecule has 18 heavy (non-hydrogen) atoms. The highest BCUT2D eigenvalue weighted by Crippen LogP contribution is 2.33. The van der Waals surface area contributed by atoms with Crippen molar-refractivity contribution in [3.8, 4) is 0 Å². The number of nitrogens with zero attached hydrogens (tertiary/aromatic N) is 1. The molecule has 1 aromatic heterocycles. The lowest BCUT2D eigenvalue weighted by molar-refractivity contribution is -0.137. The second-order valence-corrected chi connectivity index (χ2v) is 5.09. The monoisotopic (exact) mass is 291 g/mol. The first kappa shape index (κ1) is 13.5. The highest BCUT2D eigenvalue weighted by atomic mass is 35.5. The zero-order chi connectivity index (χ0) is 13.2. The molecule has 6 heteroatoms. The molecule has 2 aromatic rings. The molecule has 0 N–H and O–H groups in total. The summed E-state index contributed by atoms with van der Waals surface area (Å²) in [6, 6.07) is 5.39. The van der Waals surface area contributed by atoms with Crippen LogP contribution < -0.4 is 0 Å². The van der Waals surface area contributed by atoms with Crippen molar-refractivity contribution in [3.05, 3.63) is 36.0 Å². The van der Waals surface area contributed by atoms with Crippen LogP contribution in [0.4, 0.5) is 13.2 Å². The molecule has 0 amide bonds. The van der Waals surface area contributed by atoms with E-state index < -0.39 is 11.7 Å². The second-order valence-electron chi connectivity index (χ2n) is 3.58. The number of alkyl halides is 4.